The van der Waals surface area contributed by atoms with Crippen LogP contribution < -0.4 is 11.1 Å². The zero-order valence-electron chi connectivity index (χ0n) is 19.0. The first-order valence-electron chi connectivity index (χ1n) is 11.0. The Morgan fingerprint density at radius 3 is 2.42 bits per heavy atom. The molecule has 0 fully saturated rings. The van der Waals surface area contributed by atoms with Gasteiger partial charge in [-0.25, -0.2) is 9.97 Å². The molecule has 0 aliphatic rings. The highest BCUT2D eigenvalue weighted by Gasteiger charge is 2.21. The molecule has 0 saturated carbocycles. The number of rotatable bonds is 9. The van der Waals surface area contributed by atoms with Gasteiger partial charge in [-0.3, -0.25) is 0 Å². The number of nitrogen functional groups attached to an aromatic ring is 1. The number of nitrogens with one attached hydrogen (secondary N) is 1. The first-order valence-corrected chi connectivity index (χ1v) is 13.2. The third kappa shape index (κ3) is 5.96. The largest absolute Gasteiger partial charge is 0.396 e. The Bertz CT molecular complexity index is 1440. The third-order valence-electron chi connectivity index (χ3n) is 5.29. The Hall–Kier alpha value is -3.60. The van der Waals surface area contributed by atoms with Crippen LogP contribution in [-0.4, -0.2) is 21.7 Å². The van der Waals surface area contributed by atoms with E-state index in [0.717, 1.165) is 34.1 Å². The first kappa shape index (κ1) is 25.5. The molecule has 7 nitrogen and oxygen atoms in total. The number of halogens is 1. The van der Waals surface area contributed by atoms with Crippen LogP contribution in [-0.2, 0) is 12.2 Å². The maximum absolute atomic E-state index is 10.0. The Kier molecular flexibility index (Phi) is 8.42. The Balaban J connectivity index is 1.57. The molecule has 10 heteroatoms. The maximum atomic E-state index is 10.0. The molecule has 0 aliphatic carbocycles. The van der Waals surface area contributed by atoms with E-state index in [1.165, 1.54) is 23.1 Å². The molecule has 2 aromatic heterocycles. The lowest BCUT2D eigenvalue weighted by molar-refractivity contribution is 0.288. The molecule has 2 heterocycles. The van der Waals surface area contributed by atoms with E-state index in [9.17, 15) is 10.5 Å². The molecule has 0 saturated heterocycles. The van der Waals surface area contributed by atoms with E-state index in [4.69, 9.17) is 22.4 Å². The number of anilines is 3. The van der Waals surface area contributed by atoms with Crippen molar-refractivity contribution in [3.63, 3.8) is 0 Å². The van der Waals surface area contributed by atoms with Crippen LogP contribution >= 0.6 is 34.7 Å². The molecule has 4 aromatic rings. The van der Waals surface area contributed by atoms with E-state index in [1.54, 1.807) is 12.1 Å². The average molecular weight is 533 g/mol. The summed E-state index contributed by atoms with van der Waals surface area (Å²) in [6.07, 6.45) is 1.41. The molecule has 0 amide bonds. The van der Waals surface area contributed by atoms with Crippen molar-refractivity contribution in [2.24, 2.45) is 0 Å². The van der Waals surface area contributed by atoms with Gasteiger partial charge in [-0.2, -0.15) is 10.5 Å². The molecule has 0 aliphatic heterocycles. The lowest BCUT2D eigenvalue weighted by Crippen LogP contribution is -2.03. The fourth-order valence-corrected chi connectivity index (χ4v) is 5.39. The minimum absolute atomic E-state index is 0.0849. The summed E-state index contributed by atoms with van der Waals surface area (Å²) >= 11 is 8.76. The molecule has 36 heavy (non-hydrogen) atoms. The summed E-state index contributed by atoms with van der Waals surface area (Å²) in [7, 11) is 0. The second-order valence-corrected chi connectivity index (χ2v) is 10.00. The van der Waals surface area contributed by atoms with Gasteiger partial charge in [0.1, 0.15) is 28.5 Å². The molecule has 2 aromatic carbocycles. The van der Waals surface area contributed by atoms with Crippen LogP contribution in [0.25, 0.3) is 11.1 Å². The maximum Gasteiger partial charge on any atom is 0.187 e. The van der Waals surface area contributed by atoms with Crippen molar-refractivity contribution in [3.8, 4) is 23.3 Å². The van der Waals surface area contributed by atoms with Gasteiger partial charge in [-0.15, -0.1) is 11.3 Å². The molecule has 180 valence electrons. The highest BCUT2D eigenvalue weighted by Crippen LogP contribution is 2.37. The molecule has 0 atom stereocenters. The van der Waals surface area contributed by atoms with Crippen LogP contribution in [0, 0.1) is 22.7 Å². The normalized spacial score (nSPS) is 10.6. The SMILES string of the molecule is N#Cc1c(N)nc(SCc2csc(Nc3ccc(Cl)cc3)n2)c(C#N)c1-c1ccc(CCCO)cc1. The minimum atomic E-state index is 0.0849. The van der Waals surface area contributed by atoms with E-state index in [0.29, 0.717) is 33.3 Å². The predicted octanol–water partition coefficient (Wildman–Crippen LogP) is 6.14. The molecular formula is C26H21ClN6OS2. The quantitative estimate of drug-likeness (QED) is 0.219. The van der Waals surface area contributed by atoms with E-state index in [1.807, 2.05) is 41.8 Å². The standard InChI is InChI=1S/C26H21ClN6OS2/c27-18-7-9-19(10-8-18)31-26-32-20(15-36-26)14-35-25-22(13-29)23(21(12-28)24(30)33-25)17-5-3-16(4-6-17)2-1-11-34/h3-10,15,34H,1-2,11,14H2,(H2,30,33)(H,31,32). The molecule has 4 N–H and O–H groups in total. The van der Waals surface area contributed by atoms with Crippen molar-refractivity contribution in [1.82, 2.24) is 9.97 Å². The molecule has 0 spiro atoms. The van der Waals surface area contributed by atoms with Crippen LogP contribution in [0.1, 0.15) is 28.8 Å². The topological polar surface area (TPSA) is 132 Å². The lowest BCUT2D eigenvalue weighted by Gasteiger charge is -2.13. The highest BCUT2D eigenvalue weighted by molar-refractivity contribution is 7.98. The van der Waals surface area contributed by atoms with E-state index in [2.05, 4.69) is 27.4 Å². The lowest BCUT2D eigenvalue weighted by atomic mass is 9.95. The minimum Gasteiger partial charge on any atom is -0.396 e. The van der Waals surface area contributed by atoms with Crippen LogP contribution in [0.3, 0.4) is 0 Å². The number of thioether (sulfide) groups is 1. The summed E-state index contributed by atoms with van der Waals surface area (Å²) in [4.78, 5) is 8.98. The predicted molar refractivity (Wildman–Crippen MR) is 145 cm³/mol. The second kappa shape index (κ2) is 11.9. The molecule has 0 unspecified atom stereocenters. The summed E-state index contributed by atoms with van der Waals surface area (Å²) in [5.41, 5.74) is 10.6. The van der Waals surface area contributed by atoms with Crippen molar-refractivity contribution < 1.29 is 5.11 Å². The van der Waals surface area contributed by atoms with Gasteiger partial charge in [0.25, 0.3) is 0 Å². The Morgan fingerprint density at radius 1 is 1.03 bits per heavy atom. The summed E-state index contributed by atoms with van der Waals surface area (Å²) in [5.74, 6) is 0.562. The number of thiazole rings is 1. The number of aliphatic hydroxyl groups is 1. The zero-order valence-corrected chi connectivity index (χ0v) is 21.4. The Labute approximate surface area is 222 Å². The number of aromatic nitrogens is 2. The highest BCUT2D eigenvalue weighted by atomic mass is 35.5. The number of nitrogens with zero attached hydrogens (tertiary/aromatic N) is 4. The van der Waals surface area contributed by atoms with E-state index < -0.39 is 0 Å². The fraction of sp³-hybridized carbons (Fsp3) is 0.154. The van der Waals surface area contributed by atoms with E-state index >= 15 is 0 Å². The summed E-state index contributed by atoms with van der Waals surface area (Å²) < 4.78 is 0. The number of benzene rings is 2. The number of nitriles is 2. The van der Waals surface area contributed by atoms with Gasteiger partial charge in [-0.05, 0) is 48.2 Å². The first-order chi connectivity index (χ1) is 17.5. The van der Waals surface area contributed by atoms with E-state index in [-0.39, 0.29) is 18.0 Å². The number of aryl methyl sites for hydroxylation is 1. The zero-order chi connectivity index (χ0) is 25.5. The number of hydrogen-bond donors (Lipinski definition) is 3. The van der Waals surface area contributed by atoms with Crippen molar-refractivity contribution in [1.29, 1.82) is 10.5 Å². The fourth-order valence-electron chi connectivity index (χ4n) is 3.54. The van der Waals surface area contributed by atoms with Gasteiger partial charge in [-0.1, -0.05) is 47.6 Å². The van der Waals surface area contributed by atoms with Crippen molar-refractivity contribution in [3.05, 3.63) is 81.3 Å². The summed E-state index contributed by atoms with van der Waals surface area (Å²) in [5, 5.41) is 35.9. The van der Waals surface area contributed by atoms with Crippen molar-refractivity contribution in [2.75, 3.05) is 17.7 Å². The van der Waals surface area contributed by atoms with Crippen LogP contribution in [0.15, 0.2) is 58.9 Å². The van der Waals surface area contributed by atoms with Crippen molar-refractivity contribution in [2.45, 2.75) is 23.6 Å². The van der Waals surface area contributed by atoms with Crippen LogP contribution in [0.4, 0.5) is 16.6 Å². The monoisotopic (exact) mass is 532 g/mol. The van der Waals surface area contributed by atoms with Crippen molar-refractivity contribution >= 4 is 51.3 Å². The van der Waals surface area contributed by atoms with Gasteiger partial charge in [0.05, 0.1) is 11.3 Å². The second-order valence-electron chi connectivity index (χ2n) is 7.74. The number of aliphatic hydroxyl groups excluding tert-OH is 1. The summed E-state index contributed by atoms with van der Waals surface area (Å²) in [6, 6.07) is 19.3. The Morgan fingerprint density at radius 2 is 1.75 bits per heavy atom. The molecule has 0 radical (unpaired) electrons. The van der Waals surface area contributed by atoms with Gasteiger partial charge in [0, 0.05) is 34.0 Å². The van der Waals surface area contributed by atoms with Gasteiger partial charge >= 0.3 is 0 Å². The van der Waals surface area contributed by atoms with Gasteiger partial charge in [0.2, 0.25) is 0 Å². The third-order valence-corrected chi connectivity index (χ3v) is 7.35. The molecule has 0 bridgehead atoms. The van der Waals surface area contributed by atoms with Gasteiger partial charge < -0.3 is 16.2 Å². The van der Waals surface area contributed by atoms with Crippen LogP contribution in [0.2, 0.25) is 5.02 Å². The number of nitrogens with two attached hydrogens (primary N) is 1. The smallest absolute Gasteiger partial charge is 0.187 e. The molecular weight excluding hydrogens is 512 g/mol. The summed E-state index contributed by atoms with van der Waals surface area (Å²) in [6.45, 7) is 0.123. The number of hydrogen-bond acceptors (Lipinski definition) is 9. The average Bonchev–Trinajstić information content (AvgIpc) is 3.34. The van der Waals surface area contributed by atoms with Gasteiger partial charge in [0.15, 0.2) is 5.13 Å². The van der Waals surface area contributed by atoms with Crippen LogP contribution in [0.5, 0.6) is 0 Å². The number of pyridine rings is 1. The molecule has 4 rings (SSSR count).